The third kappa shape index (κ3) is 3.50. The minimum atomic E-state index is -0.0704. The van der Waals surface area contributed by atoms with Gasteiger partial charge >= 0.3 is 0 Å². The maximum absolute atomic E-state index is 12.0. The van der Waals surface area contributed by atoms with E-state index in [1.165, 1.54) is 0 Å². The topological polar surface area (TPSA) is 70.9 Å². The molecule has 2 aromatic rings. The second kappa shape index (κ2) is 4.96. The Morgan fingerprint density at radius 2 is 2.05 bits per heavy atom. The number of aromatic amines is 1. The largest absolute Gasteiger partial charge is 0.399 e. The molecule has 4 heteroatoms. The van der Waals surface area contributed by atoms with Crippen molar-refractivity contribution in [3.05, 3.63) is 30.0 Å². The first kappa shape index (κ1) is 13.5. The normalized spacial score (nSPS) is 11.7. The van der Waals surface area contributed by atoms with Crippen molar-refractivity contribution in [2.24, 2.45) is 5.41 Å². The molecular formula is C15H21N3O. The van der Waals surface area contributed by atoms with E-state index in [2.05, 4.69) is 31.1 Å². The van der Waals surface area contributed by atoms with Crippen LogP contribution in [-0.4, -0.2) is 17.4 Å². The van der Waals surface area contributed by atoms with Gasteiger partial charge < -0.3 is 16.0 Å². The van der Waals surface area contributed by atoms with E-state index in [9.17, 15) is 4.79 Å². The van der Waals surface area contributed by atoms with Crippen LogP contribution in [0.2, 0.25) is 0 Å². The Hall–Kier alpha value is -1.97. The van der Waals surface area contributed by atoms with Gasteiger partial charge in [-0.25, -0.2) is 0 Å². The zero-order valence-electron chi connectivity index (χ0n) is 11.7. The molecule has 4 N–H and O–H groups in total. The molecule has 19 heavy (non-hydrogen) atoms. The molecule has 0 unspecified atom stereocenters. The van der Waals surface area contributed by atoms with E-state index in [0.717, 1.165) is 17.3 Å². The highest BCUT2D eigenvalue weighted by molar-refractivity contribution is 5.98. The molecule has 0 atom stereocenters. The molecule has 0 aliphatic carbocycles. The molecule has 1 aromatic heterocycles. The number of H-pyrrole nitrogens is 1. The fourth-order valence-electron chi connectivity index (χ4n) is 1.92. The summed E-state index contributed by atoms with van der Waals surface area (Å²) in [6, 6.07) is 7.40. The fraction of sp³-hybridized carbons (Fsp3) is 0.400. The van der Waals surface area contributed by atoms with Crippen molar-refractivity contribution in [2.75, 3.05) is 12.3 Å². The predicted molar refractivity (Wildman–Crippen MR) is 79.1 cm³/mol. The van der Waals surface area contributed by atoms with Crippen LogP contribution in [-0.2, 0) is 0 Å². The molecule has 0 spiro atoms. The van der Waals surface area contributed by atoms with Crippen LogP contribution in [0.1, 0.15) is 37.7 Å². The molecule has 2 rings (SSSR count). The summed E-state index contributed by atoms with van der Waals surface area (Å²) < 4.78 is 0. The third-order valence-corrected chi connectivity index (χ3v) is 3.05. The Balaban J connectivity index is 2.05. The van der Waals surface area contributed by atoms with Crippen molar-refractivity contribution < 1.29 is 4.79 Å². The summed E-state index contributed by atoms with van der Waals surface area (Å²) in [5, 5.41) is 3.89. The van der Waals surface area contributed by atoms with Gasteiger partial charge in [-0.2, -0.15) is 0 Å². The Bertz CT molecular complexity index is 593. The molecule has 0 fully saturated rings. The van der Waals surface area contributed by atoms with Gasteiger partial charge in [0.2, 0.25) is 0 Å². The van der Waals surface area contributed by atoms with E-state index in [4.69, 9.17) is 5.73 Å². The van der Waals surface area contributed by atoms with E-state index in [0.29, 0.717) is 17.9 Å². The maximum atomic E-state index is 12.0. The van der Waals surface area contributed by atoms with Crippen molar-refractivity contribution in [1.82, 2.24) is 10.3 Å². The maximum Gasteiger partial charge on any atom is 0.267 e. The van der Waals surface area contributed by atoms with Crippen LogP contribution in [0, 0.1) is 5.41 Å². The molecule has 0 aliphatic heterocycles. The molecule has 1 amide bonds. The first-order valence-corrected chi connectivity index (χ1v) is 6.52. The highest BCUT2D eigenvalue weighted by atomic mass is 16.1. The second-order valence-electron chi connectivity index (χ2n) is 6.10. The molecule has 1 aromatic carbocycles. The quantitative estimate of drug-likeness (QED) is 0.742. The molecule has 0 bridgehead atoms. The smallest absolute Gasteiger partial charge is 0.267 e. The zero-order valence-corrected chi connectivity index (χ0v) is 11.7. The lowest BCUT2D eigenvalue weighted by atomic mass is 9.92. The van der Waals surface area contributed by atoms with Crippen molar-refractivity contribution in [3.8, 4) is 0 Å². The number of aromatic nitrogens is 1. The van der Waals surface area contributed by atoms with E-state index < -0.39 is 0 Å². The van der Waals surface area contributed by atoms with E-state index in [1.54, 1.807) is 0 Å². The van der Waals surface area contributed by atoms with Crippen LogP contribution < -0.4 is 11.1 Å². The number of nitrogens with two attached hydrogens (primary N) is 1. The number of nitrogens with one attached hydrogen (secondary N) is 2. The Labute approximate surface area is 113 Å². The number of carbonyl (C=O) groups excluding carboxylic acids is 1. The highest BCUT2D eigenvalue weighted by Crippen LogP contribution is 2.19. The van der Waals surface area contributed by atoms with Gasteiger partial charge in [0.15, 0.2) is 0 Å². The highest BCUT2D eigenvalue weighted by Gasteiger charge is 2.12. The zero-order chi connectivity index (χ0) is 14.0. The molecule has 0 aliphatic rings. The van der Waals surface area contributed by atoms with E-state index >= 15 is 0 Å². The molecule has 0 saturated heterocycles. The number of amides is 1. The van der Waals surface area contributed by atoms with Gasteiger partial charge in [0, 0.05) is 23.1 Å². The Morgan fingerprint density at radius 1 is 1.32 bits per heavy atom. The van der Waals surface area contributed by atoms with Gasteiger partial charge in [0.1, 0.15) is 5.69 Å². The second-order valence-corrected chi connectivity index (χ2v) is 6.10. The van der Waals surface area contributed by atoms with Gasteiger partial charge in [0.25, 0.3) is 5.91 Å². The van der Waals surface area contributed by atoms with Gasteiger partial charge in [-0.05, 0) is 36.1 Å². The van der Waals surface area contributed by atoms with Gasteiger partial charge in [-0.3, -0.25) is 4.79 Å². The number of rotatable bonds is 3. The summed E-state index contributed by atoms with van der Waals surface area (Å²) >= 11 is 0. The van der Waals surface area contributed by atoms with E-state index in [-0.39, 0.29) is 11.3 Å². The number of nitrogen functional groups attached to an aromatic ring is 1. The fourth-order valence-corrected chi connectivity index (χ4v) is 1.92. The summed E-state index contributed by atoms with van der Waals surface area (Å²) in [5.74, 6) is -0.0704. The number of fused-ring (bicyclic) bond motifs is 1. The van der Waals surface area contributed by atoms with E-state index in [1.807, 2.05) is 24.3 Å². The summed E-state index contributed by atoms with van der Waals surface area (Å²) in [6.45, 7) is 7.15. The summed E-state index contributed by atoms with van der Waals surface area (Å²) in [7, 11) is 0. The molecule has 0 radical (unpaired) electrons. The summed E-state index contributed by atoms with van der Waals surface area (Å²) in [6.07, 6.45) is 0.950. The van der Waals surface area contributed by atoms with Gasteiger partial charge in [0.05, 0.1) is 0 Å². The van der Waals surface area contributed by atoms with Crippen LogP contribution >= 0.6 is 0 Å². The number of hydrogen-bond acceptors (Lipinski definition) is 2. The first-order valence-electron chi connectivity index (χ1n) is 6.52. The van der Waals surface area contributed by atoms with Crippen LogP contribution in [0.4, 0.5) is 5.69 Å². The lowest BCUT2D eigenvalue weighted by Gasteiger charge is -2.17. The lowest BCUT2D eigenvalue weighted by Crippen LogP contribution is -2.27. The molecule has 1 heterocycles. The minimum absolute atomic E-state index is 0.0704. The van der Waals surface area contributed by atoms with Crippen LogP contribution in [0.25, 0.3) is 10.9 Å². The van der Waals surface area contributed by atoms with Crippen molar-refractivity contribution in [3.63, 3.8) is 0 Å². The monoisotopic (exact) mass is 259 g/mol. The van der Waals surface area contributed by atoms with Gasteiger partial charge in [-0.15, -0.1) is 0 Å². The summed E-state index contributed by atoms with van der Waals surface area (Å²) in [4.78, 5) is 15.1. The third-order valence-electron chi connectivity index (χ3n) is 3.05. The first-order chi connectivity index (χ1) is 8.85. The van der Waals surface area contributed by atoms with Crippen LogP contribution in [0.3, 0.4) is 0 Å². The number of hydrogen-bond donors (Lipinski definition) is 3. The molecular weight excluding hydrogens is 238 g/mol. The van der Waals surface area contributed by atoms with Crippen molar-refractivity contribution in [1.29, 1.82) is 0 Å². The number of carbonyl (C=O) groups is 1. The number of anilines is 1. The predicted octanol–water partition coefficient (Wildman–Crippen LogP) is 2.92. The Kier molecular flexibility index (Phi) is 3.51. The SMILES string of the molecule is CC(C)(C)CCNC(=O)c1cc2cc(N)ccc2[nH]1. The van der Waals surface area contributed by atoms with Gasteiger partial charge in [-0.1, -0.05) is 20.8 Å². The van der Waals surface area contributed by atoms with Crippen LogP contribution in [0.15, 0.2) is 24.3 Å². The lowest BCUT2D eigenvalue weighted by molar-refractivity contribution is 0.0945. The molecule has 102 valence electrons. The average molecular weight is 259 g/mol. The molecule has 0 saturated carbocycles. The number of benzene rings is 1. The average Bonchev–Trinajstić information content (AvgIpc) is 2.70. The summed E-state index contributed by atoms with van der Waals surface area (Å²) in [5.41, 5.74) is 8.15. The standard InChI is InChI=1S/C15H21N3O/c1-15(2,3)6-7-17-14(19)13-9-10-8-11(16)4-5-12(10)18-13/h4-5,8-9,18H,6-7,16H2,1-3H3,(H,17,19). The van der Waals surface area contributed by atoms with Crippen molar-refractivity contribution >= 4 is 22.5 Å². The van der Waals surface area contributed by atoms with Crippen molar-refractivity contribution in [2.45, 2.75) is 27.2 Å². The minimum Gasteiger partial charge on any atom is -0.399 e. The van der Waals surface area contributed by atoms with Crippen LogP contribution in [0.5, 0.6) is 0 Å². The molecule has 4 nitrogen and oxygen atoms in total. The Morgan fingerprint density at radius 3 is 2.74 bits per heavy atom.